The Bertz CT molecular complexity index is 416. The lowest BCUT2D eigenvalue weighted by Crippen LogP contribution is -2.09. The van der Waals surface area contributed by atoms with E-state index in [9.17, 15) is 4.79 Å². The van der Waals surface area contributed by atoms with Gasteiger partial charge in [0.1, 0.15) is 0 Å². The smallest absolute Gasteiger partial charge is 0.335 e. The van der Waals surface area contributed by atoms with Gasteiger partial charge in [0.05, 0.1) is 5.56 Å². The van der Waals surface area contributed by atoms with Crippen molar-refractivity contribution >= 4 is 11.7 Å². The van der Waals surface area contributed by atoms with Crippen LogP contribution in [0.15, 0.2) is 18.2 Å². The molecule has 4 heteroatoms. The van der Waals surface area contributed by atoms with Crippen molar-refractivity contribution < 1.29 is 14.6 Å². The lowest BCUT2D eigenvalue weighted by atomic mass is 10.1. The SMILES string of the molecule is Cc1cc(NCCCOCC(C)C)ccc1C(=O)O. The molecule has 0 atom stereocenters. The summed E-state index contributed by atoms with van der Waals surface area (Å²) < 4.78 is 5.49. The number of benzene rings is 1. The number of carboxylic acids is 1. The largest absolute Gasteiger partial charge is 0.478 e. The standard InChI is InChI=1S/C15H23NO3/c1-11(2)10-19-8-4-7-16-13-5-6-14(15(17)18)12(3)9-13/h5-6,9,11,16H,4,7-8,10H2,1-3H3,(H,17,18). The van der Waals surface area contributed by atoms with E-state index in [1.165, 1.54) is 0 Å². The molecular formula is C15H23NO3. The minimum atomic E-state index is -0.883. The fourth-order valence-electron chi connectivity index (χ4n) is 1.74. The molecule has 106 valence electrons. The molecule has 1 aromatic rings. The van der Waals surface area contributed by atoms with Gasteiger partial charge in [-0.25, -0.2) is 4.79 Å². The van der Waals surface area contributed by atoms with E-state index in [4.69, 9.17) is 9.84 Å². The summed E-state index contributed by atoms with van der Waals surface area (Å²) >= 11 is 0. The average molecular weight is 265 g/mol. The molecule has 0 unspecified atom stereocenters. The summed E-state index contributed by atoms with van der Waals surface area (Å²) in [4.78, 5) is 10.9. The van der Waals surface area contributed by atoms with Gasteiger partial charge in [-0.05, 0) is 43.0 Å². The minimum absolute atomic E-state index is 0.353. The first-order valence-electron chi connectivity index (χ1n) is 6.66. The van der Waals surface area contributed by atoms with Gasteiger partial charge in [0, 0.05) is 25.4 Å². The van der Waals surface area contributed by atoms with Crippen molar-refractivity contribution in [3.8, 4) is 0 Å². The molecular weight excluding hydrogens is 242 g/mol. The van der Waals surface area contributed by atoms with E-state index in [0.717, 1.165) is 37.4 Å². The number of rotatable bonds is 8. The van der Waals surface area contributed by atoms with Crippen molar-refractivity contribution in [1.29, 1.82) is 0 Å². The van der Waals surface area contributed by atoms with E-state index in [1.807, 2.05) is 6.07 Å². The Morgan fingerprint density at radius 1 is 1.42 bits per heavy atom. The maximum atomic E-state index is 10.9. The lowest BCUT2D eigenvalue weighted by Gasteiger charge is -2.10. The van der Waals surface area contributed by atoms with E-state index in [2.05, 4.69) is 19.2 Å². The number of nitrogens with one attached hydrogen (secondary N) is 1. The number of ether oxygens (including phenoxy) is 1. The Balaban J connectivity index is 2.30. The summed E-state index contributed by atoms with van der Waals surface area (Å²) in [5.74, 6) is -0.315. The van der Waals surface area contributed by atoms with Crippen LogP contribution in [0.5, 0.6) is 0 Å². The van der Waals surface area contributed by atoms with Gasteiger partial charge in [0.25, 0.3) is 0 Å². The van der Waals surface area contributed by atoms with Crippen molar-refractivity contribution in [3.63, 3.8) is 0 Å². The van der Waals surface area contributed by atoms with Crippen molar-refractivity contribution in [2.24, 2.45) is 5.92 Å². The number of carboxylic acid groups (broad SMARTS) is 1. The molecule has 1 aromatic carbocycles. The van der Waals surface area contributed by atoms with Crippen LogP contribution >= 0.6 is 0 Å². The van der Waals surface area contributed by atoms with Gasteiger partial charge in [-0.1, -0.05) is 13.8 Å². The normalized spacial score (nSPS) is 10.7. The summed E-state index contributed by atoms with van der Waals surface area (Å²) in [6, 6.07) is 5.29. The summed E-state index contributed by atoms with van der Waals surface area (Å²) in [5.41, 5.74) is 2.07. The summed E-state index contributed by atoms with van der Waals surface area (Å²) in [7, 11) is 0. The average Bonchev–Trinajstić information content (AvgIpc) is 2.32. The maximum absolute atomic E-state index is 10.9. The number of aryl methyl sites for hydroxylation is 1. The van der Waals surface area contributed by atoms with Crippen molar-refractivity contribution in [2.75, 3.05) is 25.1 Å². The van der Waals surface area contributed by atoms with Crippen molar-refractivity contribution in [1.82, 2.24) is 0 Å². The molecule has 19 heavy (non-hydrogen) atoms. The monoisotopic (exact) mass is 265 g/mol. The zero-order valence-corrected chi connectivity index (χ0v) is 11.9. The molecule has 0 fully saturated rings. The first-order valence-corrected chi connectivity index (χ1v) is 6.66. The first-order chi connectivity index (χ1) is 9.00. The molecule has 2 N–H and O–H groups in total. The lowest BCUT2D eigenvalue weighted by molar-refractivity contribution is 0.0696. The van der Waals surface area contributed by atoms with Crippen LogP contribution in [0.3, 0.4) is 0 Å². The zero-order chi connectivity index (χ0) is 14.3. The first kappa shape index (κ1) is 15.5. The molecule has 4 nitrogen and oxygen atoms in total. The molecule has 0 heterocycles. The molecule has 0 amide bonds. The predicted octanol–water partition coefficient (Wildman–Crippen LogP) is 3.17. The molecule has 0 aliphatic rings. The van der Waals surface area contributed by atoms with Crippen LogP contribution in [0, 0.1) is 12.8 Å². The van der Waals surface area contributed by atoms with E-state index in [1.54, 1.807) is 19.1 Å². The molecule has 0 saturated carbocycles. The number of hydrogen-bond acceptors (Lipinski definition) is 3. The number of carbonyl (C=O) groups is 1. The van der Waals surface area contributed by atoms with Crippen LogP contribution in [0.25, 0.3) is 0 Å². The second-order valence-corrected chi connectivity index (χ2v) is 5.08. The molecule has 0 aromatic heterocycles. The third kappa shape index (κ3) is 5.75. The highest BCUT2D eigenvalue weighted by atomic mass is 16.5. The third-order valence-electron chi connectivity index (χ3n) is 2.70. The Morgan fingerprint density at radius 2 is 2.16 bits per heavy atom. The third-order valence-corrected chi connectivity index (χ3v) is 2.70. The Hall–Kier alpha value is -1.55. The van der Waals surface area contributed by atoms with E-state index in [-0.39, 0.29) is 0 Å². The van der Waals surface area contributed by atoms with Gasteiger partial charge >= 0.3 is 5.97 Å². The predicted molar refractivity (Wildman–Crippen MR) is 76.9 cm³/mol. The molecule has 0 saturated heterocycles. The highest BCUT2D eigenvalue weighted by molar-refractivity contribution is 5.89. The second kappa shape index (κ2) is 7.79. The molecule has 0 radical (unpaired) electrons. The summed E-state index contributed by atoms with van der Waals surface area (Å²) in [6.45, 7) is 8.43. The molecule has 0 aliphatic heterocycles. The Labute approximate surface area is 114 Å². The van der Waals surface area contributed by atoms with Crippen LogP contribution in [-0.2, 0) is 4.74 Å². The van der Waals surface area contributed by atoms with Gasteiger partial charge in [0.15, 0.2) is 0 Å². The van der Waals surface area contributed by atoms with E-state index < -0.39 is 5.97 Å². The molecule has 1 rings (SSSR count). The Kier molecular flexibility index (Phi) is 6.36. The quantitative estimate of drug-likeness (QED) is 0.709. The number of anilines is 1. The van der Waals surface area contributed by atoms with E-state index >= 15 is 0 Å². The van der Waals surface area contributed by atoms with Crippen LogP contribution in [-0.4, -0.2) is 30.8 Å². The van der Waals surface area contributed by atoms with Crippen molar-refractivity contribution in [3.05, 3.63) is 29.3 Å². The zero-order valence-electron chi connectivity index (χ0n) is 11.9. The molecule has 0 bridgehead atoms. The van der Waals surface area contributed by atoms with Crippen LogP contribution < -0.4 is 5.32 Å². The van der Waals surface area contributed by atoms with Gasteiger partial charge in [-0.3, -0.25) is 0 Å². The molecule has 0 aliphatic carbocycles. The summed E-state index contributed by atoms with van der Waals surface area (Å²) in [6.07, 6.45) is 0.937. The topological polar surface area (TPSA) is 58.6 Å². The minimum Gasteiger partial charge on any atom is -0.478 e. The number of aromatic carboxylic acids is 1. The highest BCUT2D eigenvalue weighted by Gasteiger charge is 2.06. The second-order valence-electron chi connectivity index (χ2n) is 5.08. The number of hydrogen-bond donors (Lipinski definition) is 2. The maximum Gasteiger partial charge on any atom is 0.335 e. The molecule has 0 spiro atoms. The van der Waals surface area contributed by atoms with Gasteiger partial charge in [-0.15, -0.1) is 0 Å². The van der Waals surface area contributed by atoms with E-state index in [0.29, 0.717) is 11.5 Å². The highest BCUT2D eigenvalue weighted by Crippen LogP contribution is 2.15. The van der Waals surface area contributed by atoms with Gasteiger partial charge in [0.2, 0.25) is 0 Å². The summed E-state index contributed by atoms with van der Waals surface area (Å²) in [5, 5.41) is 12.2. The van der Waals surface area contributed by atoms with Gasteiger partial charge < -0.3 is 15.2 Å². The van der Waals surface area contributed by atoms with Gasteiger partial charge in [-0.2, -0.15) is 0 Å². The van der Waals surface area contributed by atoms with Crippen LogP contribution in [0.1, 0.15) is 36.2 Å². The fourth-order valence-corrected chi connectivity index (χ4v) is 1.74. The van der Waals surface area contributed by atoms with Crippen LogP contribution in [0.2, 0.25) is 0 Å². The Morgan fingerprint density at radius 3 is 2.74 bits per heavy atom. The van der Waals surface area contributed by atoms with Crippen LogP contribution in [0.4, 0.5) is 5.69 Å². The van der Waals surface area contributed by atoms with Crippen molar-refractivity contribution in [2.45, 2.75) is 27.2 Å². The fraction of sp³-hybridized carbons (Fsp3) is 0.533.